The van der Waals surface area contributed by atoms with Gasteiger partial charge in [0.15, 0.2) is 29.1 Å². The van der Waals surface area contributed by atoms with E-state index in [4.69, 9.17) is 44.3 Å². The minimum atomic E-state index is -0.111. The SMILES string of the molecule is CC1(C)c2ccccc2-c2c1ccc1c2c2cc(-c3ccccc3)ccc2n1-c1nc(-c2ccccc2)nc(-c2ccccc2)n1.CC1(C)c2ccccc2-c2c1ccc1c2c2ccccc2n1-c1nc(-c2ccccc2)nc(-c2cccc3c2oc2ccccc23)n1.CC1(C)c2ccccc2-c2c1ccc1c2c2ccccc2n1-c1nc2ccccc2nc1-c1ccccc1. The molecule has 27 rings (SSSR count). The Bertz CT molecular complexity index is 8750. The van der Waals surface area contributed by atoms with Gasteiger partial charge >= 0.3 is 0 Å². The maximum absolute atomic E-state index is 6.45. The largest absolute Gasteiger partial charge is 0.455 e. The van der Waals surface area contributed by atoms with Gasteiger partial charge in [-0.2, -0.15) is 19.9 Å². The van der Waals surface area contributed by atoms with Crippen LogP contribution in [0.25, 0.3) is 217 Å². The molecule has 3 aliphatic rings. The van der Waals surface area contributed by atoms with E-state index in [9.17, 15) is 0 Å². The lowest BCUT2D eigenvalue weighted by Gasteiger charge is -2.21. The van der Waals surface area contributed by atoms with Crippen LogP contribution in [0.4, 0.5) is 0 Å². The maximum Gasteiger partial charge on any atom is 0.238 e. The molecular formula is C119H83N11O. The molecule has 0 amide bonds. The van der Waals surface area contributed by atoms with Gasteiger partial charge in [-0.1, -0.05) is 369 Å². The molecule has 131 heavy (non-hydrogen) atoms. The van der Waals surface area contributed by atoms with Gasteiger partial charge in [-0.15, -0.1) is 0 Å². The van der Waals surface area contributed by atoms with Crippen molar-refractivity contribution < 1.29 is 4.42 Å². The van der Waals surface area contributed by atoms with Gasteiger partial charge in [0.1, 0.15) is 16.9 Å². The molecule has 0 spiro atoms. The third-order valence-electron chi connectivity index (χ3n) is 27.5. The third kappa shape index (κ3) is 12.0. The van der Waals surface area contributed by atoms with E-state index in [1.165, 1.54) is 110 Å². The molecule has 0 saturated carbocycles. The van der Waals surface area contributed by atoms with E-state index in [0.717, 1.165) is 105 Å². The zero-order valence-corrected chi connectivity index (χ0v) is 72.9. The van der Waals surface area contributed by atoms with Gasteiger partial charge < -0.3 is 4.42 Å². The highest BCUT2D eigenvalue weighted by atomic mass is 16.3. The Morgan fingerprint density at radius 3 is 1.07 bits per heavy atom. The van der Waals surface area contributed by atoms with Crippen LogP contribution in [0, 0.1) is 0 Å². The van der Waals surface area contributed by atoms with E-state index in [1.807, 2.05) is 127 Å². The minimum absolute atomic E-state index is 0.0543. The van der Waals surface area contributed by atoms with E-state index in [0.29, 0.717) is 35.2 Å². The summed E-state index contributed by atoms with van der Waals surface area (Å²) in [6.45, 7) is 14.0. The first-order chi connectivity index (χ1) is 64.3. The summed E-state index contributed by atoms with van der Waals surface area (Å²) in [4.78, 5) is 41.2. The number of para-hydroxylation sites is 6. The molecule has 12 nitrogen and oxygen atoms in total. The van der Waals surface area contributed by atoms with Crippen LogP contribution in [-0.2, 0) is 16.2 Å². The third-order valence-corrected chi connectivity index (χ3v) is 27.5. The number of furan rings is 1. The maximum atomic E-state index is 6.45. The van der Waals surface area contributed by atoms with Crippen molar-refractivity contribution >= 4 is 98.4 Å². The molecule has 0 unspecified atom stereocenters. The molecule has 7 aromatic heterocycles. The molecule has 620 valence electrons. The second-order valence-corrected chi connectivity index (χ2v) is 36.0. The van der Waals surface area contributed by atoms with Crippen molar-refractivity contribution in [3.05, 3.63) is 428 Å². The first kappa shape index (κ1) is 76.7. The van der Waals surface area contributed by atoms with E-state index < -0.39 is 0 Å². The summed E-state index contributed by atoms with van der Waals surface area (Å²) < 4.78 is 13.2. The lowest BCUT2D eigenvalue weighted by molar-refractivity contribution is 0.660. The van der Waals surface area contributed by atoms with Crippen LogP contribution in [0.3, 0.4) is 0 Å². The Kier molecular flexibility index (Phi) is 17.4. The highest BCUT2D eigenvalue weighted by Gasteiger charge is 2.41. The second kappa shape index (κ2) is 29.7. The summed E-state index contributed by atoms with van der Waals surface area (Å²) in [5, 5.41) is 9.44. The van der Waals surface area contributed by atoms with Crippen LogP contribution >= 0.6 is 0 Å². The molecule has 0 saturated heterocycles. The molecule has 24 aromatic rings. The van der Waals surface area contributed by atoms with Crippen molar-refractivity contribution in [3.8, 4) is 119 Å². The fourth-order valence-electron chi connectivity index (χ4n) is 21.3. The van der Waals surface area contributed by atoms with Crippen LogP contribution in [0.2, 0.25) is 0 Å². The molecule has 17 aromatic carbocycles. The summed E-state index contributed by atoms with van der Waals surface area (Å²) >= 11 is 0. The van der Waals surface area contributed by atoms with Crippen LogP contribution in [-0.4, -0.2) is 53.6 Å². The van der Waals surface area contributed by atoms with Gasteiger partial charge in [0.05, 0.1) is 49.7 Å². The predicted molar refractivity (Wildman–Crippen MR) is 535 cm³/mol. The summed E-state index contributed by atoms with van der Waals surface area (Å²) in [5.41, 5.74) is 33.6. The standard InChI is InChI=1S/C42H28N4O.C42H30N4.C35H25N3/c1-42(2)31-20-9-6-16-28(31)36-32(42)23-24-34-37(36)29-17-7-10-21-33(29)46(34)41-44-39(25-13-4-3-5-14-25)43-40(45-41)30-19-12-18-27-26-15-8-11-22-35(26)47-38(27)30;1-42(2)33-21-13-12-20-31(33)37-34(42)23-25-36-38(37)32-26-30(27-14-6-3-7-15-27)22-24-35(32)46(36)41-44-39(28-16-8-4-9-17-28)43-40(45-41)29-18-10-5-11-19-29;1-35(2)25-16-8-6-14-23(25)31-26(35)20-21-30-32(31)24-15-7-11-19-29(24)38(30)34-33(22-12-4-3-5-13-22)36-27-17-9-10-18-28(27)37-34/h3-24H,1-2H3;3-26H,1-2H3;3-21H,1-2H3. The van der Waals surface area contributed by atoms with Gasteiger partial charge in [-0.3, -0.25) is 13.7 Å². The quantitative estimate of drug-likeness (QED) is 0.139. The molecule has 0 radical (unpaired) electrons. The first-order valence-electron chi connectivity index (χ1n) is 44.8. The summed E-state index contributed by atoms with van der Waals surface area (Å²) in [7, 11) is 0. The molecule has 0 fully saturated rings. The smallest absolute Gasteiger partial charge is 0.238 e. The van der Waals surface area contributed by atoms with Gasteiger partial charge in [0.2, 0.25) is 11.9 Å². The molecule has 0 aliphatic heterocycles. The molecular weight excluding hydrogens is 1600 g/mol. The molecule has 7 heterocycles. The van der Waals surface area contributed by atoms with E-state index >= 15 is 0 Å². The molecule has 12 heteroatoms. The van der Waals surface area contributed by atoms with Gasteiger partial charge in [-0.05, 0) is 145 Å². The topological polar surface area (TPSA) is 131 Å². The van der Waals surface area contributed by atoms with Crippen LogP contribution in [0.1, 0.15) is 74.9 Å². The van der Waals surface area contributed by atoms with Gasteiger partial charge in [-0.25, -0.2) is 19.9 Å². The van der Waals surface area contributed by atoms with Crippen molar-refractivity contribution in [1.29, 1.82) is 0 Å². The van der Waals surface area contributed by atoms with Crippen LogP contribution in [0.5, 0.6) is 0 Å². The number of aromatic nitrogens is 11. The lowest BCUT2D eigenvalue weighted by atomic mass is 9.82. The zero-order chi connectivity index (χ0) is 87.5. The zero-order valence-electron chi connectivity index (χ0n) is 72.9. The molecule has 0 atom stereocenters. The van der Waals surface area contributed by atoms with Crippen molar-refractivity contribution in [3.63, 3.8) is 0 Å². The van der Waals surface area contributed by atoms with Crippen LogP contribution in [0.15, 0.2) is 399 Å². The number of nitrogens with zero attached hydrogens (tertiary/aromatic N) is 11. The molecule has 0 N–H and O–H groups in total. The number of hydrogen-bond donors (Lipinski definition) is 0. The fourth-order valence-corrected chi connectivity index (χ4v) is 21.3. The second-order valence-electron chi connectivity index (χ2n) is 36.0. The van der Waals surface area contributed by atoms with Crippen molar-refractivity contribution in [2.75, 3.05) is 0 Å². The lowest BCUT2D eigenvalue weighted by Crippen LogP contribution is -2.14. The summed E-state index contributed by atoms with van der Waals surface area (Å²) in [5.74, 6) is 4.49. The Morgan fingerprint density at radius 2 is 0.573 bits per heavy atom. The number of hydrogen-bond acceptors (Lipinski definition) is 9. The summed E-state index contributed by atoms with van der Waals surface area (Å²) in [6.07, 6.45) is 0. The van der Waals surface area contributed by atoms with Crippen molar-refractivity contribution in [2.45, 2.75) is 57.8 Å². The highest BCUT2D eigenvalue weighted by molar-refractivity contribution is 6.21. The van der Waals surface area contributed by atoms with Crippen molar-refractivity contribution in [2.24, 2.45) is 0 Å². The molecule has 3 aliphatic carbocycles. The number of benzene rings is 17. The Morgan fingerprint density at radius 1 is 0.221 bits per heavy atom. The highest BCUT2D eigenvalue weighted by Crippen LogP contribution is 2.58. The minimum Gasteiger partial charge on any atom is -0.455 e. The first-order valence-corrected chi connectivity index (χ1v) is 44.8. The van der Waals surface area contributed by atoms with E-state index in [1.54, 1.807) is 0 Å². The average Bonchev–Trinajstić information content (AvgIpc) is 1.54. The van der Waals surface area contributed by atoms with Gasteiger partial charge in [0, 0.05) is 81.6 Å². The van der Waals surface area contributed by atoms with E-state index in [2.05, 4.69) is 322 Å². The molecule has 0 bridgehead atoms. The number of fused-ring (bicyclic) bond motifs is 25. The number of rotatable bonds is 9. The van der Waals surface area contributed by atoms with Crippen molar-refractivity contribution in [1.82, 2.24) is 53.6 Å². The summed E-state index contributed by atoms with van der Waals surface area (Å²) in [6, 6.07) is 138. The van der Waals surface area contributed by atoms with E-state index in [-0.39, 0.29) is 16.2 Å². The fraction of sp³-hybridized carbons (Fsp3) is 0.0756. The average molecular weight is 1680 g/mol. The monoisotopic (exact) mass is 1680 g/mol. The Hall–Kier alpha value is -16.7. The normalized spacial score (nSPS) is 13.5. The van der Waals surface area contributed by atoms with Gasteiger partial charge in [0.25, 0.3) is 0 Å². The Labute approximate surface area is 755 Å². The predicted octanol–water partition coefficient (Wildman–Crippen LogP) is 29.5. The van der Waals surface area contributed by atoms with Crippen LogP contribution < -0.4 is 0 Å². The Balaban J connectivity index is 0.000000106.